The van der Waals surface area contributed by atoms with Gasteiger partial charge >= 0.3 is 0 Å². The number of likely N-dealkylation sites (tertiary alicyclic amines) is 1. The second-order valence-electron chi connectivity index (χ2n) is 4.25. The summed E-state index contributed by atoms with van der Waals surface area (Å²) in [4.78, 5) is 2.53. The fraction of sp³-hybridized carbons (Fsp3) is 0.818. The number of nitrogens with one attached hydrogen (secondary N) is 1. The molecule has 1 aliphatic rings. The minimum absolute atomic E-state index is 0.555. The third kappa shape index (κ3) is 4.45. The average Bonchev–Trinajstić information content (AvgIpc) is 2.66. The van der Waals surface area contributed by atoms with Gasteiger partial charge in [-0.05, 0) is 45.4 Å². The van der Waals surface area contributed by atoms with Crippen molar-refractivity contribution in [1.29, 1.82) is 0 Å². The lowest BCUT2D eigenvalue weighted by atomic mass is 10.2. The SMILES string of the molecule is CC(=CCl)CNC(C)CN1CCCC1. The molecule has 0 aromatic rings. The fourth-order valence-electron chi connectivity index (χ4n) is 1.79. The van der Waals surface area contributed by atoms with E-state index in [1.165, 1.54) is 31.5 Å². The molecule has 2 nitrogen and oxygen atoms in total. The molecule has 1 unspecified atom stereocenters. The molecular weight excluding hydrogens is 196 g/mol. The first-order chi connectivity index (χ1) is 6.72. The van der Waals surface area contributed by atoms with Crippen molar-refractivity contribution < 1.29 is 0 Å². The van der Waals surface area contributed by atoms with Gasteiger partial charge < -0.3 is 10.2 Å². The van der Waals surface area contributed by atoms with Crippen molar-refractivity contribution in [2.45, 2.75) is 32.7 Å². The first-order valence-electron chi connectivity index (χ1n) is 5.44. The second kappa shape index (κ2) is 6.44. The number of rotatable bonds is 5. The largest absolute Gasteiger partial charge is 0.309 e. The third-order valence-electron chi connectivity index (χ3n) is 2.65. The van der Waals surface area contributed by atoms with Crippen LogP contribution in [0.2, 0.25) is 0 Å². The lowest BCUT2D eigenvalue weighted by molar-refractivity contribution is 0.302. The predicted octanol–water partition coefficient (Wildman–Crippen LogP) is 2.20. The van der Waals surface area contributed by atoms with E-state index >= 15 is 0 Å². The van der Waals surface area contributed by atoms with E-state index in [0.717, 1.165) is 13.1 Å². The van der Waals surface area contributed by atoms with Gasteiger partial charge in [-0.15, -0.1) is 0 Å². The van der Waals surface area contributed by atoms with Gasteiger partial charge in [-0.2, -0.15) is 0 Å². The molecule has 1 aliphatic heterocycles. The van der Waals surface area contributed by atoms with Gasteiger partial charge in [0.1, 0.15) is 0 Å². The quantitative estimate of drug-likeness (QED) is 0.758. The van der Waals surface area contributed by atoms with E-state index in [1.807, 2.05) is 6.92 Å². The highest BCUT2D eigenvalue weighted by Crippen LogP contribution is 2.07. The van der Waals surface area contributed by atoms with Crippen LogP contribution in [0.5, 0.6) is 0 Å². The predicted molar refractivity (Wildman–Crippen MR) is 62.7 cm³/mol. The molecule has 0 aromatic carbocycles. The Hall–Kier alpha value is -0.0500. The zero-order valence-corrected chi connectivity index (χ0v) is 9.98. The molecule has 0 saturated carbocycles. The van der Waals surface area contributed by atoms with Crippen molar-refractivity contribution in [2.24, 2.45) is 0 Å². The highest BCUT2D eigenvalue weighted by molar-refractivity contribution is 6.25. The Morgan fingerprint density at radius 1 is 1.50 bits per heavy atom. The van der Waals surface area contributed by atoms with Crippen LogP contribution in [0, 0.1) is 0 Å². The van der Waals surface area contributed by atoms with Gasteiger partial charge in [0, 0.05) is 24.7 Å². The van der Waals surface area contributed by atoms with Gasteiger partial charge in [0.2, 0.25) is 0 Å². The summed E-state index contributed by atoms with van der Waals surface area (Å²) in [5.74, 6) is 0. The van der Waals surface area contributed by atoms with Gasteiger partial charge in [0.05, 0.1) is 0 Å². The van der Waals surface area contributed by atoms with Gasteiger partial charge in [0.25, 0.3) is 0 Å². The molecule has 0 bridgehead atoms. The first kappa shape index (κ1) is 12.0. The summed E-state index contributed by atoms with van der Waals surface area (Å²) in [5.41, 5.74) is 2.84. The summed E-state index contributed by atoms with van der Waals surface area (Å²) in [7, 11) is 0. The number of halogens is 1. The molecule has 1 heterocycles. The van der Waals surface area contributed by atoms with Crippen LogP contribution in [0.25, 0.3) is 0 Å². The zero-order valence-electron chi connectivity index (χ0n) is 9.22. The molecule has 14 heavy (non-hydrogen) atoms. The van der Waals surface area contributed by atoms with Crippen molar-refractivity contribution in [3.8, 4) is 0 Å². The van der Waals surface area contributed by atoms with Crippen LogP contribution in [0.15, 0.2) is 11.1 Å². The van der Waals surface area contributed by atoms with E-state index < -0.39 is 0 Å². The maximum atomic E-state index is 5.59. The third-order valence-corrected chi connectivity index (χ3v) is 3.02. The van der Waals surface area contributed by atoms with Gasteiger partial charge in [-0.3, -0.25) is 0 Å². The van der Waals surface area contributed by atoms with Crippen molar-refractivity contribution in [3.05, 3.63) is 11.1 Å². The van der Waals surface area contributed by atoms with E-state index in [2.05, 4.69) is 17.1 Å². The maximum absolute atomic E-state index is 5.59. The lowest BCUT2D eigenvalue weighted by Crippen LogP contribution is -2.38. The molecule has 0 aliphatic carbocycles. The van der Waals surface area contributed by atoms with E-state index in [1.54, 1.807) is 5.54 Å². The zero-order chi connectivity index (χ0) is 10.4. The molecule has 0 aromatic heterocycles. The summed E-state index contributed by atoms with van der Waals surface area (Å²) in [6.45, 7) is 8.89. The normalized spacial score (nSPS) is 21.5. The molecule has 1 saturated heterocycles. The molecule has 1 atom stereocenters. The second-order valence-corrected chi connectivity index (χ2v) is 4.46. The maximum Gasteiger partial charge on any atom is 0.0176 e. The van der Waals surface area contributed by atoms with Crippen LogP contribution in [0.4, 0.5) is 0 Å². The molecule has 0 spiro atoms. The number of hydrogen-bond donors (Lipinski definition) is 1. The summed E-state index contributed by atoms with van der Waals surface area (Å²) in [6, 6.07) is 0.555. The van der Waals surface area contributed by atoms with Gasteiger partial charge in [0.15, 0.2) is 0 Å². The Balaban J connectivity index is 2.11. The highest BCUT2D eigenvalue weighted by atomic mass is 35.5. The fourth-order valence-corrected chi connectivity index (χ4v) is 1.87. The average molecular weight is 217 g/mol. The van der Waals surface area contributed by atoms with E-state index in [9.17, 15) is 0 Å². The van der Waals surface area contributed by atoms with Crippen molar-refractivity contribution in [3.63, 3.8) is 0 Å². The standard InChI is InChI=1S/C11H21ClN2/c1-10(7-12)8-13-11(2)9-14-5-3-4-6-14/h7,11,13H,3-6,8-9H2,1-2H3. The van der Waals surface area contributed by atoms with Gasteiger partial charge in [-0.1, -0.05) is 11.6 Å². The van der Waals surface area contributed by atoms with Crippen molar-refractivity contribution in [1.82, 2.24) is 10.2 Å². The Morgan fingerprint density at radius 3 is 2.71 bits per heavy atom. The number of hydrogen-bond acceptors (Lipinski definition) is 2. The summed E-state index contributed by atoms with van der Waals surface area (Å²) >= 11 is 5.59. The van der Waals surface area contributed by atoms with E-state index in [-0.39, 0.29) is 0 Å². The monoisotopic (exact) mass is 216 g/mol. The van der Waals surface area contributed by atoms with Crippen LogP contribution in [0.3, 0.4) is 0 Å². The molecule has 1 fully saturated rings. The van der Waals surface area contributed by atoms with E-state index in [4.69, 9.17) is 11.6 Å². The Kier molecular flexibility index (Phi) is 5.53. The van der Waals surface area contributed by atoms with Crippen LogP contribution in [-0.4, -0.2) is 37.1 Å². The lowest BCUT2D eigenvalue weighted by Gasteiger charge is -2.21. The summed E-state index contributed by atoms with van der Waals surface area (Å²) in [6.07, 6.45) is 2.74. The molecule has 0 amide bonds. The van der Waals surface area contributed by atoms with Crippen molar-refractivity contribution in [2.75, 3.05) is 26.2 Å². The minimum Gasteiger partial charge on any atom is -0.309 e. The molecule has 0 radical (unpaired) electrons. The van der Waals surface area contributed by atoms with Crippen LogP contribution >= 0.6 is 11.6 Å². The Labute approximate surface area is 92.3 Å². The topological polar surface area (TPSA) is 15.3 Å². The molecule has 1 rings (SSSR count). The first-order valence-corrected chi connectivity index (χ1v) is 5.87. The van der Waals surface area contributed by atoms with Crippen LogP contribution < -0.4 is 5.32 Å². The summed E-state index contributed by atoms with van der Waals surface area (Å²) < 4.78 is 0. The molecular formula is C11H21ClN2. The molecule has 82 valence electrons. The van der Waals surface area contributed by atoms with Crippen molar-refractivity contribution >= 4 is 11.6 Å². The Bertz CT molecular complexity index is 186. The summed E-state index contributed by atoms with van der Waals surface area (Å²) in [5, 5.41) is 3.47. The molecule has 3 heteroatoms. The number of nitrogens with zero attached hydrogens (tertiary/aromatic N) is 1. The smallest absolute Gasteiger partial charge is 0.0176 e. The highest BCUT2D eigenvalue weighted by Gasteiger charge is 2.13. The van der Waals surface area contributed by atoms with Crippen LogP contribution in [0.1, 0.15) is 26.7 Å². The van der Waals surface area contributed by atoms with Crippen LogP contribution in [-0.2, 0) is 0 Å². The molecule has 1 N–H and O–H groups in total. The minimum atomic E-state index is 0.555. The van der Waals surface area contributed by atoms with E-state index in [0.29, 0.717) is 6.04 Å². The Morgan fingerprint density at radius 2 is 2.14 bits per heavy atom. The van der Waals surface area contributed by atoms with Gasteiger partial charge in [-0.25, -0.2) is 0 Å².